The summed E-state index contributed by atoms with van der Waals surface area (Å²) < 4.78 is 12.4. The Morgan fingerprint density at radius 1 is 1.00 bits per heavy atom. The Morgan fingerprint density at radius 2 is 1.76 bits per heavy atom. The molecule has 1 heterocycles. The van der Waals surface area contributed by atoms with Crippen LogP contribution in [0.25, 0.3) is 0 Å². The van der Waals surface area contributed by atoms with E-state index in [1.165, 1.54) is 0 Å². The molecule has 0 aromatic heterocycles. The van der Waals surface area contributed by atoms with Gasteiger partial charge in [-0.1, -0.05) is 29.8 Å². The zero-order chi connectivity index (χ0) is 11.8. The van der Waals surface area contributed by atoms with E-state index in [9.17, 15) is 0 Å². The molecule has 0 radical (unpaired) electrons. The van der Waals surface area contributed by atoms with Crippen LogP contribution in [0.2, 0.25) is 5.02 Å². The molecule has 17 heavy (non-hydrogen) atoms. The van der Waals surface area contributed by atoms with Crippen LogP contribution in [-0.4, -0.2) is 0 Å². The Balaban J connectivity index is 1.91. The fourth-order valence-electron chi connectivity index (χ4n) is 1.70. The molecule has 0 bridgehead atoms. The smallest absolute Gasteiger partial charge is 0.268 e. The van der Waals surface area contributed by atoms with Gasteiger partial charge < -0.3 is 9.47 Å². The van der Waals surface area contributed by atoms with Gasteiger partial charge >= 0.3 is 0 Å². The maximum atomic E-state index is 5.84. The van der Waals surface area contributed by atoms with Crippen molar-refractivity contribution in [1.82, 2.24) is 0 Å². The monoisotopic (exact) mass is 310 g/mol. The van der Waals surface area contributed by atoms with Crippen molar-refractivity contribution < 1.29 is 9.47 Å². The normalized spacial score (nSPS) is 17.2. The first-order valence-corrected chi connectivity index (χ1v) is 6.28. The summed E-state index contributed by atoms with van der Waals surface area (Å²) in [6.07, 6.45) is -0.402. The van der Waals surface area contributed by atoms with Crippen molar-refractivity contribution in [3.05, 3.63) is 57.5 Å². The number of ether oxygens (including phenoxy) is 2. The molecular weight excluding hydrogens is 303 g/mol. The number of benzene rings is 2. The minimum absolute atomic E-state index is 0.402. The van der Waals surface area contributed by atoms with Crippen LogP contribution in [-0.2, 0) is 0 Å². The molecule has 1 atom stereocenters. The Kier molecular flexibility index (Phi) is 2.73. The zero-order valence-electron chi connectivity index (χ0n) is 8.69. The van der Waals surface area contributed by atoms with Crippen LogP contribution in [0.3, 0.4) is 0 Å². The minimum atomic E-state index is -0.402. The van der Waals surface area contributed by atoms with Crippen molar-refractivity contribution in [3.8, 4) is 11.5 Å². The van der Waals surface area contributed by atoms with Crippen LogP contribution < -0.4 is 9.47 Å². The second-order valence-corrected chi connectivity index (χ2v) is 4.98. The number of hydrogen-bond acceptors (Lipinski definition) is 2. The minimum Gasteiger partial charge on any atom is -0.447 e. The third-order valence-electron chi connectivity index (χ3n) is 2.53. The van der Waals surface area contributed by atoms with Gasteiger partial charge in [-0.05, 0) is 40.2 Å². The van der Waals surface area contributed by atoms with Gasteiger partial charge in [0.15, 0.2) is 11.5 Å². The highest BCUT2D eigenvalue weighted by Gasteiger charge is 2.27. The summed E-state index contributed by atoms with van der Waals surface area (Å²) in [5.41, 5.74) is 0.942. The summed E-state index contributed by atoms with van der Waals surface area (Å²) in [4.78, 5) is 0. The number of halogens is 2. The highest BCUT2D eigenvalue weighted by molar-refractivity contribution is 9.10. The van der Waals surface area contributed by atoms with E-state index < -0.39 is 6.29 Å². The van der Waals surface area contributed by atoms with E-state index in [0.29, 0.717) is 5.02 Å². The Hall–Kier alpha value is -1.19. The molecular formula is C13H8BrClO2. The molecule has 0 saturated carbocycles. The molecule has 0 N–H and O–H groups in total. The van der Waals surface area contributed by atoms with Gasteiger partial charge in [0.25, 0.3) is 6.29 Å². The fraction of sp³-hybridized carbons (Fsp3) is 0.0769. The van der Waals surface area contributed by atoms with E-state index in [1.807, 2.05) is 42.5 Å². The van der Waals surface area contributed by atoms with Gasteiger partial charge in [0.1, 0.15) is 0 Å². The predicted molar refractivity (Wildman–Crippen MR) is 69.6 cm³/mol. The highest BCUT2D eigenvalue weighted by atomic mass is 79.9. The second kappa shape index (κ2) is 4.24. The van der Waals surface area contributed by atoms with Crippen molar-refractivity contribution in [3.63, 3.8) is 0 Å². The molecule has 2 aromatic rings. The summed E-state index contributed by atoms with van der Waals surface area (Å²) in [7, 11) is 0. The zero-order valence-corrected chi connectivity index (χ0v) is 11.0. The van der Waals surface area contributed by atoms with Crippen molar-refractivity contribution in [2.75, 3.05) is 0 Å². The van der Waals surface area contributed by atoms with Gasteiger partial charge in [0.2, 0.25) is 0 Å². The second-order valence-electron chi connectivity index (χ2n) is 3.69. The lowest BCUT2D eigenvalue weighted by molar-refractivity contribution is 0.0483. The van der Waals surface area contributed by atoms with Crippen molar-refractivity contribution >= 4 is 27.5 Å². The molecule has 3 rings (SSSR count). The number of rotatable bonds is 1. The van der Waals surface area contributed by atoms with Crippen LogP contribution in [0.4, 0.5) is 0 Å². The molecule has 0 saturated heterocycles. The average molecular weight is 312 g/mol. The number of hydrogen-bond donors (Lipinski definition) is 0. The first kappa shape index (κ1) is 10.9. The van der Waals surface area contributed by atoms with Crippen molar-refractivity contribution in [2.45, 2.75) is 6.29 Å². The molecule has 0 aliphatic carbocycles. The maximum absolute atomic E-state index is 5.84. The van der Waals surface area contributed by atoms with Gasteiger partial charge in [-0.2, -0.15) is 0 Å². The lowest BCUT2D eigenvalue weighted by atomic mass is 10.2. The molecule has 1 aliphatic rings. The van der Waals surface area contributed by atoms with Gasteiger partial charge in [-0.3, -0.25) is 0 Å². The lowest BCUT2D eigenvalue weighted by Gasteiger charge is -2.10. The third-order valence-corrected chi connectivity index (χ3v) is 3.41. The van der Waals surface area contributed by atoms with Crippen LogP contribution >= 0.6 is 27.5 Å². The molecule has 1 unspecified atom stereocenters. The Morgan fingerprint density at radius 3 is 2.47 bits per heavy atom. The van der Waals surface area contributed by atoms with Crippen molar-refractivity contribution in [1.29, 1.82) is 0 Å². The van der Waals surface area contributed by atoms with E-state index in [1.54, 1.807) is 0 Å². The van der Waals surface area contributed by atoms with Crippen LogP contribution in [0.15, 0.2) is 46.9 Å². The first-order valence-electron chi connectivity index (χ1n) is 5.11. The number of para-hydroxylation sites is 1. The fourth-order valence-corrected chi connectivity index (χ4v) is 2.27. The van der Waals surface area contributed by atoms with Gasteiger partial charge in [0.05, 0.1) is 4.47 Å². The Labute approximate surface area is 112 Å². The molecule has 4 heteroatoms. The van der Waals surface area contributed by atoms with Crippen LogP contribution in [0.5, 0.6) is 11.5 Å². The molecule has 86 valence electrons. The summed E-state index contributed by atoms with van der Waals surface area (Å²) >= 11 is 9.28. The van der Waals surface area contributed by atoms with E-state index in [0.717, 1.165) is 21.5 Å². The van der Waals surface area contributed by atoms with E-state index in [4.69, 9.17) is 21.1 Å². The SMILES string of the molecule is Clc1ccc(C2Oc3cccc(Br)c3O2)cc1. The molecule has 2 aromatic carbocycles. The van der Waals surface area contributed by atoms with E-state index in [-0.39, 0.29) is 0 Å². The Bertz CT molecular complexity index is 554. The summed E-state index contributed by atoms with van der Waals surface area (Å²) in [6.45, 7) is 0. The van der Waals surface area contributed by atoms with Gasteiger partial charge in [0, 0.05) is 10.6 Å². The van der Waals surface area contributed by atoms with Gasteiger partial charge in [-0.15, -0.1) is 0 Å². The molecule has 1 aliphatic heterocycles. The largest absolute Gasteiger partial charge is 0.447 e. The first-order chi connectivity index (χ1) is 8.24. The standard InChI is InChI=1S/C13H8BrClO2/c14-10-2-1-3-11-12(10)17-13(16-11)8-4-6-9(15)7-5-8/h1-7,13H. The quantitative estimate of drug-likeness (QED) is 0.768. The summed E-state index contributed by atoms with van der Waals surface area (Å²) in [5, 5.41) is 0.699. The predicted octanol–water partition coefficient (Wildman–Crippen LogP) is 4.57. The third kappa shape index (κ3) is 2.01. The van der Waals surface area contributed by atoms with E-state index >= 15 is 0 Å². The molecule has 2 nitrogen and oxygen atoms in total. The average Bonchev–Trinajstić information content (AvgIpc) is 2.75. The summed E-state index contributed by atoms with van der Waals surface area (Å²) in [6, 6.07) is 13.2. The van der Waals surface area contributed by atoms with Crippen LogP contribution in [0.1, 0.15) is 11.9 Å². The van der Waals surface area contributed by atoms with Crippen molar-refractivity contribution in [2.24, 2.45) is 0 Å². The highest BCUT2D eigenvalue weighted by Crippen LogP contribution is 2.44. The summed E-state index contributed by atoms with van der Waals surface area (Å²) in [5.74, 6) is 1.49. The lowest BCUT2D eigenvalue weighted by Crippen LogP contribution is -2.07. The maximum Gasteiger partial charge on any atom is 0.268 e. The number of fused-ring (bicyclic) bond motifs is 1. The molecule has 0 spiro atoms. The van der Waals surface area contributed by atoms with E-state index in [2.05, 4.69) is 15.9 Å². The van der Waals surface area contributed by atoms with Gasteiger partial charge in [-0.25, -0.2) is 0 Å². The molecule has 0 amide bonds. The topological polar surface area (TPSA) is 18.5 Å². The van der Waals surface area contributed by atoms with Crippen LogP contribution in [0, 0.1) is 0 Å². The molecule has 0 fully saturated rings.